The summed E-state index contributed by atoms with van der Waals surface area (Å²) in [5.41, 5.74) is 3.76. The van der Waals surface area contributed by atoms with Crippen molar-refractivity contribution >= 4 is 51.6 Å². The van der Waals surface area contributed by atoms with Crippen LogP contribution >= 0.6 is 22.9 Å². The fourth-order valence-corrected chi connectivity index (χ4v) is 4.44. The predicted octanol–water partition coefficient (Wildman–Crippen LogP) is 5.37. The highest BCUT2D eigenvalue weighted by Crippen LogP contribution is 2.42. The van der Waals surface area contributed by atoms with E-state index in [0.717, 1.165) is 28.1 Å². The number of nitrogens with zero attached hydrogens (tertiary/aromatic N) is 2. The van der Waals surface area contributed by atoms with Gasteiger partial charge in [0.05, 0.1) is 11.1 Å². The van der Waals surface area contributed by atoms with Crippen LogP contribution in [0.1, 0.15) is 25.0 Å². The molecule has 1 aliphatic rings. The second-order valence-electron chi connectivity index (χ2n) is 7.60. The number of amides is 2. The standard InChI is InChI=1S/C23H20ClN3O2S/c1-23(2)16-12-15(8-10-19(16)27(3)21(23)29)18-13-30-22(25-18)26-20(28)11-9-14-6-4-5-7-17(14)24/h4-13H,1-3H3,(H,25,26,28)/b11-9+. The first-order chi connectivity index (χ1) is 14.3. The van der Waals surface area contributed by atoms with E-state index in [1.165, 1.54) is 17.4 Å². The quantitative estimate of drug-likeness (QED) is 0.558. The van der Waals surface area contributed by atoms with Crippen LogP contribution in [-0.4, -0.2) is 23.8 Å². The smallest absolute Gasteiger partial charge is 0.250 e. The van der Waals surface area contributed by atoms with Crippen molar-refractivity contribution in [3.8, 4) is 11.3 Å². The maximum Gasteiger partial charge on any atom is 0.250 e. The molecule has 0 radical (unpaired) electrons. The number of nitrogens with one attached hydrogen (secondary N) is 1. The number of anilines is 2. The number of benzene rings is 2. The van der Waals surface area contributed by atoms with E-state index in [4.69, 9.17) is 11.6 Å². The fourth-order valence-electron chi connectivity index (χ4n) is 3.52. The first-order valence-electron chi connectivity index (χ1n) is 9.39. The third-order valence-electron chi connectivity index (χ3n) is 5.22. The van der Waals surface area contributed by atoms with E-state index in [-0.39, 0.29) is 11.8 Å². The molecule has 0 aliphatic carbocycles. The van der Waals surface area contributed by atoms with E-state index < -0.39 is 5.41 Å². The zero-order valence-electron chi connectivity index (χ0n) is 16.8. The molecule has 152 valence electrons. The van der Waals surface area contributed by atoms with Crippen LogP contribution in [0.15, 0.2) is 53.9 Å². The molecule has 0 saturated carbocycles. The molecule has 2 heterocycles. The van der Waals surface area contributed by atoms with Gasteiger partial charge in [-0.3, -0.25) is 14.9 Å². The van der Waals surface area contributed by atoms with Crippen LogP contribution in [0, 0.1) is 0 Å². The number of hydrogen-bond donors (Lipinski definition) is 1. The van der Waals surface area contributed by atoms with Crippen LogP contribution in [-0.2, 0) is 15.0 Å². The zero-order chi connectivity index (χ0) is 21.5. The molecule has 5 nitrogen and oxygen atoms in total. The average molecular weight is 438 g/mol. The van der Waals surface area contributed by atoms with Gasteiger partial charge >= 0.3 is 0 Å². The molecule has 30 heavy (non-hydrogen) atoms. The van der Waals surface area contributed by atoms with Gasteiger partial charge in [0.25, 0.3) is 0 Å². The number of carbonyl (C=O) groups is 2. The van der Waals surface area contributed by atoms with Crippen molar-refractivity contribution in [3.05, 3.63) is 70.1 Å². The summed E-state index contributed by atoms with van der Waals surface area (Å²) in [7, 11) is 1.79. The lowest BCUT2D eigenvalue weighted by atomic mass is 9.85. The Morgan fingerprint density at radius 1 is 1.23 bits per heavy atom. The zero-order valence-corrected chi connectivity index (χ0v) is 18.3. The fraction of sp³-hybridized carbons (Fsp3) is 0.174. The maximum atomic E-state index is 12.5. The summed E-state index contributed by atoms with van der Waals surface area (Å²) in [5.74, 6) is -0.204. The van der Waals surface area contributed by atoms with Gasteiger partial charge in [0, 0.05) is 34.8 Å². The summed E-state index contributed by atoms with van der Waals surface area (Å²) < 4.78 is 0. The van der Waals surface area contributed by atoms with Crippen LogP contribution in [0.3, 0.4) is 0 Å². The molecule has 2 aromatic carbocycles. The van der Waals surface area contributed by atoms with Crippen molar-refractivity contribution in [3.63, 3.8) is 0 Å². The molecule has 0 spiro atoms. The van der Waals surface area contributed by atoms with Gasteiger partial charge in [-0.15, -0.1) is 11.3 Å². The van der Waals surface area contributed by atoms with Crippen molar-refractivity contribution in [2.24, 2.45) is 0 Å². The van der Waals surface area contributed by atoms with Gasteiger partial charge in [0.2, 0.25) is 11.8 Å². The second kappa shape index (κ2) is 7.70. The Hall–Kier alpha value is -2.96. The number of thiazole rings is 1. The molecule has 1 aliphatic heterocycles. The lowest BCUT2D eigenvalue weighted by molar-refractivity contribution is -0.121. The Bertz CT molecular complexity index is 1180. The minimum absolute atomic E-state index is 0.0752. The lowest BCUT2D eigenvalue weighted by Crippen LogP contribution is -2.33. The Labute approximate surface area is 184 Å². The summed E-state index contributed by atoms with van der Waals surface area (Å²) in [6.45, 7) is 3.86. The first-order valence-corrected chi connectivity index (χ1v) is 10.7. The third kappa shape index (κ3) is 3.64. The summed E-state index contributed by atoms with van der Waals surface area (Å²) >= 11 is 7.45. The van der Waals surface area contributed by atoms with Gasteiger partial charge in [-0.2, -0.15) is 0 Å². The Balaban J connectivity index is 1.51. The van der Waals surface area contributed by atoms with Crippen LogP contribution in [0.2, 0.25) is 5.02 Å². The number of halogens is 1. The molecular formula is C23H20ClN3O2S. The van der Waals surface area contributed by atoms with Crippen molar-refractivity contribution in [1.29, 1.82) is 0 Å². The number of fused-ring (bicyclic) bond motifs is 1. The summed E-state index contributed by atoms with van der Waals surface area (Å²) in [6.07, 6.45) is 3.10. The highest BCUT2D eigenvalue weighted by Gasteiger charge is 2.42. The molecule has 3 aromatic rings. The van der Waals surface area contributed by atoms with E-state index in [0.29, 0.717) is 10.2 Å². The SMILES string of the molecule is CN1C(=O)C(C)(C)c2cc(-c3csc(NC(=O)/C=C/c4ccccc4Cl)n3)ccc21. The Morgan fingerprint density at radius 2 is 2.00 bits per heavy atom. The van der Waals surface area contributed by atoms with E-state index in [1.54, 1.807) is 24.1 Å². The average Bonchev–Trinajstić information content (AvgIpc) is 3.25. The molecular weight excluding hydrogens is 418 g/mol. The summed E-state index contributed by atoms with van der Waals surface area (Å²) in [5, 5.41) is 5.76. The van der Waals surface area contributed by atoms with Crippen molar-refractivity contribution in [1.82, 2.24) is 4.98 Å². The number of aromatic nitrogens is 1. The van der Waals surface area contributed by atoms with Gasteiger partial charge in [-0.25, -0.2) is 4.98 Å². The molecule has 4 rings (SSSR count). The van der Waals surface area contributed by atoms with E-state index in [1.807, 2.05) is 55.6 Å². The highest BCUT2D eigenvalue weighted by molar-refractivity contribution is 7.14. The van der Waals surface area contributed by atoms with Gasteiger partial charge in [0.15, 0.2) is 5.13 Å². The maximum absolute atomic E-state index is 12.5. The largest absolute Gasteiger partial charge is 0.314 e. The van der Waals surface area contributed by atoms with Crippen molar-refractivity contribution in [2.45, 2.75) is 19.3 Å². The van der Waals surface area contributed by atoms with E-state index in [9.17, 15) is 9.59 Å². The topological polar surface area (TPSA) is 62.3 Å². The van der Waals surface area contributed by atoms with Gasteiger partial charge < -0.3 is 4.90 Å². The highest BCUT2D eigenvalue weighted by atomic mass is 35.5. The molecule has 0 fully saturated rings. The predicted molar refractivity (Wildman–Crippen MR) is 123 cm³/mol. The summed E-state index contributed by atoms with van der Waals surface area (Å²) in [6, 6.07) is 13.2. The molecule has 0 bridgehead atoms. The number of likely N-dealkylation sites (N-methyl/N-ethyl adjacent to an activating group) is 1. The molecule has 0 unspecified atom stereocenters. The number of carbonyl (C=O) groups excluding carboxylic acids is 2. The van der Waals surface area contributed by atoms with E-state index >= 15 is 0 Å². The van der Waals surface area contributed by atoms with Crippen LogP contribution in [0.5, 0.6) is 0 Å². The van der Waals surface area contributed by atoms with Crippen molar-refractivity contribution in [2.75, 3.05) is 17.3 Å². The molecule has 0 atom stereocenters. The molecule has 7 heteroatoms. The van der Waals surface area contributed by atoms with E-state index in [2.05, 4.69) is 10.3 Å². The Kier molecular flexibility index (Phi) is 5.22. The minimum Gasteiger partial charge on any atom is -0.314 e. The molecule has 0 saturated heterocycles. The molecule has 1 N–H and O–H groups in total. The normalized spacial score (nSPS) is 14.9. The Morgan fingerprint density at radius 3 is 2.77 bits per heavy atom. The lowest BCUT2D eigenvalue weighted by Gasteiger charge is -2.16. The van der Waals surface area contributed by atoms with Gasteiger partial charge in [-0.05, 0) is 49.2 Å². The monoisotopic (exact) mass is 437 g/mol. The third-order valence-corrected chi connectivity index (χ3v) is 6.32. The first kappa shape index (κ1) is 20.3. The minimum atomic E-state index is -0.573. The molecule has 2 amide bonds. The van der Waals surface area contributed by atoms with Gasteiger partial charge in [-0.1, -0.05) is 35.9 Å². The van der Waals surface area contributed by atoms with Gasteiger partial charge in [0.1, 0.15) is 0 Å². The van der Waals surface area contributed by atoms with Crippen molar-refractivity contribution < 1.29 is 9.59 Å². The van der Waals surface area contributed by atoms with Crippen LogP contribution in [0.4, 0.5) is 10.8 Å². The molecule has 1 aromatic heterocycles. The van der Waals surface area contributed by atoms with Crippen LogP contribution in [0.25, 0.3) is 17.3 Å². The van der Waals surface area contributed by atoms with Crippen LogP contribution < -0.4 is 10.2 Å². The number of rotatable bonds is 4. The number of hydrogen-bond acceptors (Lipinski definition) is 4. The second-order valence-corrected chi connectivity index (χ2v) is 8.87. The summed E-state index contributed by atoms with van der Waals surface area (Å²) in [4.78, 5) is 31.0.